The number of ether oxygens (including phenoxy) is 3. The zero-order chi connectivity index (χ0) is 16.6. The molecule has 2 aliphatic heterocycles. The van der Waals surface area contributed by atoms with Gasteiger partial charge in [0.2, 0.25) is 0 Å². The van der Waals surface area contributed by atoms with Crippen molar-refractivity contribution in [1.82, 2.24) is 0 Å². The highest BCUT2D eigenvalue weighted by Gasteiger charge is 2.26. The molecular formula is C19H38O4. The van der Waals surface area contributed by atoms with Crippen LogP contribution in [0.25, 0.3) is 0 Å². The first-order chi connectivity index (χ1) is 11.4. The van der Waals surface area contributed by atoms with E-state index in [4.69, 9.17) is 19.3 Å². The largest absolute Gasteiger partial charge is 0.396 e. The molecule has 0 aromatic heterocycles. The van der Waals surface area contributed by atoms with Crippen LogP contribution in [-0.2, 0) is 14.2 Å². The molecule has 2 heterocycles. The molecule has 0 saturated carbocycles. The van der Waals surface area contributed by atoms with E-state index in [0.29, 0.717) is 18.8 Å². The fourth-order valence-electron chi connectivity index (χ4n) is 2.44. The van der Waals surface area contributed by atoms with Crippen LogP contribution in [0.2, 0.25) is 0 Å². The Labute approximate surface area is 142 Å². The highest BCUT2D eigenvalue weighted by atomic mass is 16.6. The van der Waals surface area contributed by atoms with Crippen molar-refractivity contribution in [3.05, 3.63) is 0 Å². The van der Waals surface area contributed by atoms with Crippen LogP contribution in [-0.4, -0.2) is 50.3 Å². The van der Waals surface area contributed by atoms with Crippen LogP contribution < -0.4 is 0 Å². The molecule has 1 N–H and O–H groups in total. The molecule has 0 radical (unpaired) electrons. The van der Waals surface area contributed by atoms with Gasteiger partial charge in [-0.15, -0.1) is 0 Å². The Morgan fingerprint density at radius 1 is 0.739 bits per heavy atom. The van der Waals surface area contributed by atoms with Crippen LogP contribution in [0.15, 0.2) is 0 Å². The summed E-state index contributed by atoms with van der Waals surface area (Å²) in [5, 5.41) is 8.59. The maximum atomic E-state index is 8.59. The highest BCUT2D eigenvalue weighted by Crippen LogP contribution is 2.12. The highest BCUT2D eigenvalue weighted by molar-refractivity contribution is 4.71. The van der Waals surface area contributed by atoms with Crippen molar-refractivity contribution in [2.75, 3.05) is 33.0 Å². The van der Waals surface area contributed by atoms with Gasteiger partial charge < -0.3 is 19.3 Å². The molecule has 2 fully saturated rings. The van der Waals surface area contributed by atoms with Crippen molar-refractivity contribution in [3.63, 3.8) is 0 Å². The summed E-state index contributed by atoms with van der Waals surface area (Å²) < 4.78 is 15.1. The molecular weight excluding hydrogens is 292 g/mol. The Bertz CT molecular complexity index is 216. The molecule has 0 aromatic carbocycles. The smallest absolute Gasteiger partial charge is 0.104 e. The van der Waals surface area contributed by atoms with E-state index in [1.807, 2.05) is 0 Å². The molecule has 2 saturated heterocycles. The van der Waals surface area contributed by atoms with Gasteiger partial charge in [-0.2, -0.15) is 0 Å². The van der Waals surface area contributed by atoms with Crippen LogP contribution >= 0.6 is 0 Å². The number of epoxide rings is 2. The SMILES string of the molecule is C(OCC1CO1)C1CO1.CCCCCCCCCCCCCO. The second-order valence-corrected chi connectivity index (χ2v) is 6.71. The van der Waals surface area contributed by atoms with Gasteiger partial charge in [0.25, 0.3) is 0 Å². The van der Waals surface area contributed by atoms with Gasteiger partial charge in [-0.1, -0.05) is 71.1 Å². The standard InChI is InChI=1S/C13H28O.C6H10O3/c1-2-3-4-5-6-7-8-9-10-11-12-13-14;1(5-3-8-5)7-2-6-4-9-6/h14H,2-13H2,1H3;5-6H,1-4H2. The van der Waals surface area contributed by atoms with Gasteiger partial charge in [-0.25, -0.2) is 0 Å². The van der Waals surface area contributed by atoms with Gasteiger partial charge in [0.1, 0.15) is 12.2 Å². The first kappa shape index (κ1) is 20.9. The van der Waals surface area contributed by atoms with Crippen molar-refractivity contribution in [1.29, 1.82) is 0 Å². The van der Waals surface area contributed by atoms with Gasteiger partial charge in [-0.3, -0.25) is 0 Å². The van der Waals surface area contributed by atoms with Crippen molar-refractivity contribution in [2.45, 2.75) is 89.8 Å². The second kappa shape index (κ2) is 15.4. The number of hydrogen-bond acceptors (Lipinski definition) is 4. The average Bonchev–Trinajstić information content (AvgIpc) is 3.45. The Morgan fingerprint density at radius 2 is 1.13 bits per heavy atom. The summed E-state index contributed by atoms with van der Waals surface area (Å²) in [6.07, 6.45) is 15.6. The number of hydrogen-bond donors (Lipinski definition) is 1. The van der Waals surface area contributed by atoms with Crippen LogP contribution in [0.1, 0.15) is 77.6 Å². The molecule has 0 aliphatic carbocycles. The van der Waals surface area contributed by atoms with E-state index >= 15 is 0 Å². The fourth-order valence-corrected chi connectivity index (χ4v) is 2.44. The van der Waals surface area contributed by atoms with Crippen LogP contribution in [0, 0.1) is 0 Å². The molecule has 2 atom stereocenters. The zero-order valence-corrected chi connectivity index (χ0v) is 15.1. The Morgan fingerprint density at radius 3 is 1.48 bits per heavy atom. The average molecular weight is 331 g/mol. The van der Waals surface area contributed by atoms with E-state index in [1.165, 1.54) is 64.2 Å². The predicted molar refractivity (Wildman–Crippen MR) is 93.8 cm³/mol. The van der Waals surface area contributed by atoms with Crippen molar-refractivity contribution >= 4 is 0 Å². The summed E-state index contributed by atoms with van der Waals surface area (Å²) in [5.74, 6) is 0. The lowest BCUT2D eigenvalue weighted by atomic mass is 10.1. The lowest BCUT2D eigenvalue weighted by molar-refractivity contribution is 0.102. The number of rotatable bonds is 15. The van der Waals surface area contributed by atoms with Gasteiger partial charge >= 0.3 is 0 Å². The molecule has 2 rings (SSSR count). The first-order valence-corrected chi connectivity index (χ1v) is 9.78. The van der Waals surface area contributed by atoms with Crippen molar-refractivity contribution in [2.24, 2.45) is 0 Å². The third-order valence-corrected chi connectivity index (χ3v) is 4.17. The summed E-state index contributed by atoms with van der Waals surface area (Å²) >= 11 is 0. The van der Waals surface area contributed by atoms with E-state index < -0.39 is 0 Å². The minimum absolute atomic E-state index is 0.372. The molecule has 0 aromatic rings. The maximum Gasteiger partial charge on any atom is 0.104 e. The predicted octanol–water partition coefficient (Wildman–Crippen LogP) is 4.09. The quantitative estimate of drug-likeness (QED) is 0.363. The first-order valence-electron chi connectivity index (χ1n) is 9.78. The van der Waals surface area contributed by atoms with Gasteiger partial charge in [0.15, 0.2) is 0 Å². The van der Waals surface area contributed by atoms with E-state index in [1.54, 1.807) is 0 Å². The molecule has 4 heteroatoms. The fraction of sp³-hybridized carbons (Fsp3) is 1.00. The van der Waals surface area contributed by atoms with E-state index in [2.05, 4.69) is 6.92 Å². The van der Waals surface area contributed by atoms with Gasteiger partial charge in [0, 0.05) is 6.61 Å². The lowest BCUT2D eigenvalue weighted by Gasteiger charge is -2.01. The van der Waals surface area contributed by atoms with Gasteiger partial charge in [-0.05, 0) is 6.42 Å². The summed E-state index contributed by atoms with van der Waals surface area (Å²) in [6, 6.07) is 0. The molecule has 2 aliphatic rings. The summed E-state index contributed by atoms with van der Waals surface area (Å²) in [4.78, 5) is 0. The third-order valence-electron chi connectivity index (χ3n) is 4.17. The number of unbranched alkanes of at least 4 members (excludes halogenated alkanes) is 10. The Hall–Kier alpha value is -0.160. The minimum Gasteiger partial charge on any atom is -0.396 e. The topological polar surface area (TPSA) is 54.5 Å². The molecule has 4 nitrogen and oxygen atoms in total. The van der Waals surface area contributed by atoms with E-state index in [0.717, 1.165) is 32.8 Å². The van der Waals surface area contributed by atoms with Crippen molar-refractivity contribution < 1.29 is 19.3 Å². The number of aliphatic hydroxyl groups excluding tert-OH is 1. The molecule has 0 amide bonds. The summed E-state index contributed by atoms with van der Waals surface area (Å²) in [7, 11) is 0. The molecule has 2 unspecified atom stereocenters. The normalized spacial score (nSPS) is 21.7. The zero-order valence-electron chi connectivity index (χ0n) is 15.1. The minimum atomic E-state index is 0.372. The van der Waals surface area contributed by atoms with E-state index in [-0.39, 0.29) is 0 Å². The lowest BCUT2D eigenvalue weighted by Crippen LogP contribution is -2.06. The monoisotopic (exact) mass is 330 g/mol. The third kappa shape index (κ3) is 16.5. The molecule has 138 valence electrons. The molecule has 23 heavy (non-hydrogen) atoms. The second-order valence-electron chi connectivity index (χ2n) is 6.71. The van der Waals surface area contributed by atoms with E-state index in [9.17, 15) is 0 Å². The maximum absolute atomic E-state index is 8.59. The van der Waals surface area contributed by atoms with Crippen molar-refractivity contribution in [3.8, 4) is 0 Å². The molecule has 0 spiro atoms. The summed E-state index contributed by atoms with van der Waals surface area (Å²) in [6.45, 7) is 5.90. The van der Waals surface area contributed by atoms with Crippen LogP contribution in [0.3, 0.4) is 0 Å². The Kier molecular flexibility index (Phi) is 14.0. The summed E-state index contributed by atoms with van der Waals surface area (Å²) in [5.41, 5.74) is 0. The van der Waals surface area contributed by atoms with Crippen LogP contribution in [0.5, 0.6) is 0 Å². The number of aliphatic hydroxyl groups is 1. The molecule has 0 bridgehead atoms. The van der Waals surface area contributed by atoms with Gasteiger partial charge in [0.05, 0.1) is 26.4 Å². The van der Waals surface area contributed by atoms with Crippen LogP contribution in [0.4, 0.5) is 0 Å². The Balaban J connectivity index is 0.000000248.